The topological polar surface area (TPSA) is 124 Å². The third-order valence-electron chi connectivity index (χ3n) is 5.80. The molecule has 0 radical (unpaired) electrons. The summed E-state index contributed by atoms with van der Waals surface area (Å²) in [5.41, 5.74) is 0.378. The van der Waals surface area contributed by atoms with Gasteiger partial charge >= 0.3 is 7.60 Å². The van der Waals surface area contributed by atoms with Crippen LogP contribution in [0.4, 0.5) is 4.39 Å². The lowest BCUT2D eigenvalue weighted by atomic mass is 10.0. The minimum atomic E-state index is -4.36. The minimum absolute atomic E-state index is 0.00380. The number of halogens is 1. The number of aromatic nitrogens is 1. The van der Waals surface area contributed by atoms with Gasteiger partial charge in [-0.15, -0.1) is 13.2 Å². The van der Waals surface area contributed by atoms with Crippen LogP contribution in [0, 0.1) is 5.82 Å². The van der Waals surface area contributed by atoms with Gasteiger partial charge in [0.15, 0.2) is 18.9 Å². The SMILES string of the molecule is C=CCC(C=C)OP(=O)(O)COc1c2c(c(OCOC)c3ncccc13)C(=O)N(Cc1ccc(F)cc1)C2=O. The first-order valence-electron chi connectivity index (χ1n) is 11.7. The summed E-state index contributed by atoms with van der Waals surface area (Å²) < 4.78 is 48.0. The molecule has 2 heterocycles. The van der Waals surface area contributed by atoms with Gasteiger partial charge in [-0.25, -0.2) is 4.39 Å². The van der Waals surface area contributed by atoms with Gasteiger partial charge in [-0.1, -0.05) is 24.3 Å². The van der Waals surface area contributed by atoms with E-state index in [0.29, 0.717) is 5.56 Å². The molecule has 0 saturated carbocycles. The predicted molar refractivity (Wildman–Crippen MR) is 140 cm³/mol. The molecule has 2 unspecified atom stereocenters. The van der Waals surface area contributed by atoms with Crippen LogP contribution in [-0.2, 0) is 20.4 Å². The van der Waals surface area contributed by atoms with E-state index in [1.165, 1.54) is 49.7 Å². The van der Waals surface area contributed by atoms with E-state index >= 15 is 0 Å². The van der Waals surface area contributed by atoms with E-state index in [2.05, 4.69) is 18.1 Å². The number of fused-ring (bicyclic) bond motifs is 2. The molecule has 0 saturated heterocycles. The molecule has 39 heavy (non-hydrogen) atoms. The molecule has 1 aliphatic rings. The van der Waals surface area contributed by atoms with Crippen molar-refractivity contribution in [3.63, 3.8) is 0 Å². The van der Waals surface area contributed by atoms with Crippen molar-refractivity contribution >= 4 is 30.3 Å². The van der Waals surface area contributed by atoms with E-state index in [1.54, 1.807) is 12.1 Å². The highest BCUT2D eigenvalue weighted by atomic mass is 31.2. The molecule has 1 aromatic heterocycles. The van der Waals surface area contributed by atoms with E-state index in [1.807, 2.05) is 0 Å². The zero-order chi connectivity index (χ0) is 28.2. The Balaban J connectivity index is 1.79. The molecule has 1 N–H and O–H groups in total. The summed E-state index contributed by atoms with van der Waals surface area (Å²) in [4.78, 5) is 43.0. The standard InChI is InChI=1S/C27H26FN2O8P/c1-4-7-19(5-2)38-39(33,34)16-37-24-20-8-6-13-29-23(20)25(36-15-35-3)22-21(24)26(31)30(27(22)32)14-17-9-11-18(28)12-10-17/h4-6,8-13,19H,1-2,7,14-16H2,3H3,(H,33,34). The van der Waals surface area contributed by atoms with E-state index in [4.69, 9.17) is 18.7 Å². The smallest absolute Gasteiger partial charge is 0.365 e. The first-order valence-corrected chi connectivity index (χ1v) is 13.5. The molecule has 204 valence electrons. The van der Waals surface area contributed by atoms with E-state index in [9.17, 15) is 23.4 Å². The first-order chi connectivity index (χ1) is 18.7. The van der Waals surface area contributed by atoms with Crippen molar-refractivity contribution in [3.05, 3.63) is 90.4 Å². The third kappa shape index (κ3) is 5.91. The van der Waals surface area contributed by atoms with Gasteiger partial charge in [-0.2, -0.15) is 0 Å². The number of hydrogen-bond donors (Lipinski definition) is 1. The van der Waals surface area contributed by atoms with Crippen molar-refractivity contribution < 1.29 is 42.2 Å². The number of ether oxygens (including phenoxy) is 3. The third-order valence-corrected chi connectivity index (χ3v) is 6.85. The molecule has 2 amide bonds. The molecule has 0 spiro atoms. The number of carbonyl (C=O) groups is 2. The Morgan fingerprint density at radius 1 is 1.10 bits per heavy atom. The van der Waals surface area contributed by atoms with Gasteiger partial charge in [0.2, 0.25) is 0 Å². The molecule has 12 heteroatoms. The molecule has 3 aromatic rings. The van der Waals surface area contributed by atoms with Gasteiger partial charge in [0.05, 0.1) is 18.2 Å². The highest BCUT2D eigenvalue weighted by Crippen LogP contribution is 2.48. The normalized spacial score (nSPS) is 15.1. The maximum absolute atomic E-state index is 13.7. The minimum Gasteiger partial charge on any atom is -0.479 e. The second-order valence-corrected chi connectivity index (χ2v) is 10.2. The number of methoxy groups -OCH3 is 1. The quantitative estimate of drug-likeness (QED) is 0.137. The predicted octanol–water partition coefficient (Wildman–Crippen LogP) is 4.82. The highest BCUT2D eigenvalue weighted by Gasteiger charge is 2.43. The summed E-state index contributed by atoms with van der Waals surface area (Å²) in [6, 6.07) is 8.49. The van der Waals surface area contributed by atoms with Crippen molar-refractivity contribution in [3.8, 4) is 11.5 Å². The average molecular weight is 556 g/mol. The maximum atomic E-state index is 13.7. The molecular weight excluding hydrogens is 530 g/mol. The number of benzene rings is 2. The number of hydrogen-bond acceptors (Lipinski definition) is 8. The van der Waals surface area contributed by atoms with Gasteiger partial charge in [-0.3, -0.25) is 28.6 Å². The summed E-state index contributed by atoms with van der Waals surface area (Å²) in [6.07, 6.45) is 2.96. The molecule has 4 rings (SSSR count). The van der Waals surface area contributed by atoms with Crippen LogP contribution in [0.3, 0.4) is 0 Å². The average Bonchev–Trinajstić information content (AvgIpc) is 3.16. The van der Waals surface area contributed by atoms with Crippen LogP contribution in [0.25, 0.3) is 10.9 Å². The summed E-state index contributed by atoms with van der Waals surface area (Å²) in [5, 5.41) is 0.262. The lowest BCUT2D eigenvalue weighted by Gasteiger charge is -2.20. The summed E-state index contributed by atoms with van der Waals surface area (Å²) in [7, 11) is -2.97. The molecule has 1 aliphatic heterocycles. The fourth-order valence-corrected chi connectivity index (χ4v) is 5.03. The van der Waals surface area contributed by atoms with E-state index in [0.717, 1.165) is 4.90 Å². The van der Waals surface area contributed by atoms with Crippen LogP contribution in [0.15, 0.2) is 67.9 Å². The molecule has 0 fully saturated rings. The molecular formula is C27H26FN2O8P. The van der Waals surface area contributed by atoms with Crippen molar-refractivity contribution in [2.45, 2.75) is 19.1 Å². The Morgan fingerprint density at radius 3 is 2.44 bits per heavy atom. The second-order valence-electron chi connectivity index (χ2n) is 8.50. The van der Waals surface area contributed by atoms with Crippen LogP contribution in [0.2, 0.25) is 0 Å². The number of pyridine rings is 1. The van der Waals surface area contributed by atoms with Crippen molar-refractivity contribution in [1.29, 1.82) is 0 Å². The van der Waals surface area contributed by atoms with Gasteiger partial charge in [0.1, 0.15) is 22.6 Å². The molecule has 2 atom stereocenters. The van der Waals surface area contributed by atoms with E-state index in [-0.39, 0.29) is 53.3 Å². The summed E-state index contributed by atoms with van der Waals surface area (Å²) >= 11 is 0. The largest absolute Gasteiger partial charge is 0.479 e. The molecule has 0 bridgehead atoms. The van der Waals surface area contributed by atoms with Crippen molar-refractivity contribution in [2.24, 2.45) is 0 Å². The van der Waals surface area contributed by atoms with Crippen LogP contribution in [0.5, 0.6) is 11.5 Å². The number of amides is 2. The number of rotatable bonds is 13. The fourth-order valence-electron chi connectivity index (χ4n) is 4.08. The van der Waals surface area contributed by atoms with Gasteiger partial charge in [-0.05, 0) is 36.2 Å². The summed E-state index contributed by atoms with van der Waals surface area (Å²) in [6.45, 7) is 6.76. The fraction of sp³-hybridized carbons (Fsp3) is 0.222. The Kier molecular flexibility index (Phi) is 8.57. The highest BCUT2D eigenvalue weighted by molar-refractivity contribution is 7.52. The Morgan fingerprint density at radius 2 is 1.79 bits per heavy atom. The molecule has 0 aliphatic carbocycles. The van der Waals surface area contributed by atoms with E-state index < -0.39 is 37.7 Å². The van der Waals surface area contributed by atoms with Gasteiger partial charge in [0.25, 0.3) is 11.8 Å². The monoisotopic (exact) mass is 556 g/mol. The van der Waals surface area contributed by atoms with Crippen LogP contribution >= 0.6 is 7.60 Å². The Hall–Kier alpha value is -3.89. The zero-order valence-corrected chi connectivity index (χ0v) is 21.9. The van der Waals surface area contributed by atoms with Crippen LogP contribution in [0.1, 0.15) is 32.7 Å². The zero-order valence-electron chi connectivity index (χ0n) is 21.0. The molecule has 10 nitrogen and oxygen atoms in total. The first kappa shape index (κ1) is 28.1. The second kappa shape index (κ2) is 11.9. The Bertz CT molecular complexity index is 1480. The number of carbonyl (C=O) groups excluding carboxylic acids is 2. The lowest BCUT2D eigenvalue weighted by Crippen LogP contribution is -2.29. The van der Waals surface area contributed by atoms with Crippen molar-refractivity contribution in [1.82, 2.24) is 9.88 Å². The van der Waals surface area contributed by atoms with Crippen molar-refractivity contribution in [2.75, 3.05) is 20.3 Å². The molecule has 2 aromatic carbocycles. The van der Waals surface area contributed by atoms with Gasteiger partial charge < -0.3 is 19.1 Å². The number of nitrogens with zero attached hydrogens (tertiary/aromatic N) is 2. The van der Waals surface area contributed by atoms with Crippen LogP contribution < -0.4 is 9.47 Å². The van der Waals surface area contributed by atoms with Gasteiger partial charge in [0, 0.05) is 18.7 Å². The summed E-state index contributed by atoms with van der Waals surface area (Å²) in [5.74, 6) is -2.03. The van der Waals surface area contributed by atoms with Crippen LogP contribution in [-0.4, -0.2) is 52.9 Å². The number of imide groups is 1. The Labute approximate surface area is 223 Å². The lowest BCUT2D eigenvalue weighted by molar-refractivity contribution is 0.0505. The maximum Gasteiger partial charge on any atom is 0.365 e.